The van der Waals surface area contributed by atoms with E-state index < -0.39 is 0 Å². The maximum absolute atomic E-state index is 6.72. The lowest BCUT2D eigenvalue weighted by atomic mass is 9.93. The topological polar surface area (TPSA) is 26.0 Å². The van der Waals surface area contributed by atoms with E-state index in [1.165, 1.54) is 48.7 Å². The summed E-state index contributed by atoms with van der Waals surface area (Å²) in [5.74, 6) is 0. The van der Waals surface area contributed by atoms with Crippen LogP contribution in [0.5, 0.6) is 0 Å². The molecule has 152 valence electrons. The van der Waals surface area contributed by atoms with Crippen LogP contribution in [0, 0.1) is 0 Å². The lowest BCUT2D eigenvalue weighted by molar-refractivity contribution is 1.30. The third-order valence-electron chi connectivity index (χ3n) is 6.47. The first-order chi connectivity index (χ1) is 15.8. The fourth-order valence-electron chi connectivity index (χ4n) is 4.92. The van der Waals surface area contributed by atoms with Crippen molar-refractivity contribution in [3.05, 3.63) is 126 Å². The van der Waals surface area contributed by atoms with E-state index >= 15 is 0 Å². The van der Waals surface area contributed by atoms with Crippen molar-refractivity contribution in [1.29, 1.82) is 0 Å². The normalized spacial score (nSPS) is 12.2. The van der Waals surface area contributed by atoms with Crippen molar-refractivity contribution in [1.82, 2.24) is 0 Å². The van der Waals surface area contributed by atoms with Gasteiger partial charge in [0.15, 0.2) is 0 Å². The second-order valence-electron chi connectivity index (χ2n) is 8.36. The lowest BCUT2D eigenvalue weighted by Crippen LogP contribution is -1.99. The number of rotatable bonds is 3. The van der Waals surface area contributed by atoms with Gasteiger partial charge in [-0.3, -0.25) is 0 Å². The van der Waals surface area contributed by atoms with Gasteiger partial charge in [-0.1, -0.05) is 109 Å². The fraction of sp³-hybridized carbons (Fsp3) is 0.0323. The van der Waals surface area contributed by atoms with Gasteiger partial charge < -0.3 is 5.73 Å². The fourth-order valence-corrected chi connectivity index (χ4v) is 4.92. The average molecular weight is 410 g/mol. The van der Waals surface area contributed by atoms with Crippen molar-refractivity contribution in [2.45, 2.75) is 6.42 Å². The van der Waals surface area contributed by atoms with E-state index in [0.29, 0.717) is 0 Å². The third kappa shape index (κ3) is 3.02. The van der Waals surface area contributed by atoms with Gasteiger partial charge in [0.05, 0.1) is 0 Å². The first kappa shape index (κ1) is 18.7. The smallest absolute Gasteiger partial charge is 0.0356 e. The summed E-state index contributed by atoms with van der Waals surface area (Å²) < 4.78 is 0. The zero-order valence-corrected chi connectivity index (χ0v) is 17.8. The highest BCUT2D eigenvalue weighted by Crippen LogP contribution is 2.32. The van der Waals surface area contributed by atoms with Crippen LogP contribution in [-0.4, -0.2) is 0 Å². The number of benzene rings is 6. The summed E-state index contributed by atoms with van der Waals surface area (Å²) in [6, 6.07) is 38.9. The van der Waals surface area contributed by atoms with Gasteiger partial charge in [0.2, 0.25) is 0 Å². The van der Waals surface area contributed by atoms with Crippen molar-refractivity contribution in [2.75, 3.05) is 0 Å². The van der Waals surface area contributed by atoms with Gasteiger partial charge in [0.1, 0.15) is 0 Å². The van der Waals surface area contributed by atoms with Crippen molar-refractivity contribution >= 4 is 48.8 Å². The number of hydrogen-bond donors (Lipinski definition) is 1. The van der Waals surface area contributed by atoms with E-state index in [0.717, 1.165) is 17.7 Å². The van der Waals surface area contributed by atoms with Crippen LogP contribution in [0.3, 0.4) is 0 Å². The Labute approximate surface area is 187 Å². The minimum absolute atomic E-state index is 0.790. The van der Waals surface area contributed by atoms with E-state index in [4.69, 9.17) is 5.73 Å². The molecule has 6 rings (SSSR count). The highest BCUT2D eigenvalue weighted by atomic mass is 14.6. The molecule has 0 atom stereocenters. The molecule has 2 N–H and O–H groups in total. The van der Waals surface area contributed by atoms with Crippen molar-refractivity contribution in [3.63, 3.8) is 0 Å². The largest absolute Gasteiger partial charge is 0.398 e. The van der Waals surface area contributed by atoms with Crippen LogP contribution in [0.25, 0.3) is 48.8 Å². The molecule has 0 amide bonds. The number of nitrogens with two attached hydrogens (primary N) is 1. The van der Waals surface area contributed by atoms with Crippen LogP contribution in [0.15, 0.2) is 115 Å². The summed E-state index contributed by atoms with van der Waals surface area (Å²) in [6.07, 6.45) is 2.96. The summed E-state index contributed by atoms with van der Waals surface area (Å²) in [7, 11) is 0. The molecule has 0 bridgehead atoms. The number of fused-ring (bicyclic) bond motifs is 6. The second-order valence-corrected chi connectivity index (χ2v) is 8.36. The van der Waals surface area contributed by atoms with Gasteiger partial charge in [-0.05, 0) is 61.1 Å². The predicted molar refractivity (Wildman–Crippen MR) is 139 cm³/mol. The zero-order chi connectivity index (χ0) is 21.5. The highest BCUT2D eigenvalue weighted by Gasteiger charge is 2.09. The molecule has 32 heavy (non-hydrogen) atoms. The molecular weight excluding hydrogens is 386 g/mol. The van der Waals surface area contributed by atoms with Crippen LogP contribution in [0.4, 0.5) is 0 Å². The Morgan fingerprint density at radius 2 is 1.00 bits per heavy atom. The van der Waals surface area contributed by atoms with E-state index in [1.54, 1.807) is 0 Å². The Balaban J connectivity index is 1.50. The van der Waals surface area contributed by atoms with E-state index in [2.05, 4.69) is 115 Å². The molecule has 0 spiro atoms. The third-order valence-corrected chi connectivity index (χ3v) is 6.47. The van der Waals surface area contributed by atoms with E-state index in [1.807, 2.05) is 0 Å². The average Bonchev–Trinajstić information content (AvgIpc) is 2.86. The maximum atomic E-state index is 6.72. The molecule has 0 fully saturated rings. The lowest BCUT2D eigenvalue weighted by Gasteiger charge is -2.12. The molecule has 0 heterocycles. The van der Waals surface area contributed by atoms with Gasteiger partial charge in [-0.25, -0.2) is 0 Å². The Kier molecular flexibility index (Phi) is 4.40. The van der Waals surface area contributed by atoms with Crippen molar-refractivity contribution in [2.24, 2.45) is 5.73 Å². The molecule has 1 nitrogen and oxygen atoms in total. The monoisotopic (exact) mass is 409 g/mol. The first-order valence-electron chi connectivity index (χ1n) is 11.1. The van der Waals surface area contributed by atoms with Crippen molar-refractivity contribution in [3.8, 4) is 0 Å². The molecule has 1 heteroatoms. The molecule has 0 aliphatic carbocycles. The highest BCUT2D eigenvalue weighted by molar-refractivity contribution is 6.12. The first-order valence-corrected chi connectivity index (χ1v) is 11.1. The molecule has 6 aromatic rings. The number of hydrogen-bond acceptors (Lipinski definition) is 1. The Bertz CT molecular complexity index is 1660. The van der Waals surface area contributed by atoms with Crippen LogP contribution >= 0.6 is 0 Å². The quantitative estimate of drug-likeness (QED) is 0.296. The molecule has 0 unspecified atom stereocenters. The van der Waals surface area contributed by atoms with Crippen molar-refractivity contribution < 1.29 is 0 Å². The molecule has 0 aliphatic rings. The molecule has 0 saturated carbocycles. The summed E-state index contributed by atoms with van der Waals surface area (Å²) in [5.41, 5.74) is 9.94. The standard InChI is InChI=1S/C31H23N/c32-31(30-20-22-10-2-4-12-25(22)28-15-7-8-16-29(28)30)18-17-23-19-21-9-1-3-11-24(21)27-14-6-5-13-26(23)27/h1-16,18-20H,17,32H2/b31-18-. The SMILES string of the molecule is N/C(=C\Cc1cc2ccccc2c2ccccc12)c1cc2ccccc2c2ccccc12. The molecule has 6 aromatic carbocycles. The van der Waals surface area contributed by atoms with E-state index in [-0.39, 0.29) is 0 Å². The molecule has 0 saturated heterocycles. The van der Waals surface area contributed by atoms with E-state index in [9.17, 15) is 0 Å². The van der Waals surface area contributed by atoms with Gasteiger partial charge in [0.25, 0.3) is 0 Å². The zero-order valence-electron chi connectivity index (χ0n) is 17.8. The Morgan fingerprint density at radius 1 is 0.531 bits per heavy atom. The van der Waals surface area contributed by atoms with Crippen LogP contribution in [0.2, 0.25) is 0 Å². The Hall–Kier alpha value is -4.10. The van der Waals surface area contributed by atoms with Gasteiger partial charge >= 0.3 is 0 Å². The van der Waals surface area contributed by atoms with Crippen LogP contribution in [-0.2, 0) is 6.42 Å². The van der Waals surface area contributed by atoms with Gasteiger partial charge in [0, 0.05) is 11.3 Å². The molecule has 0 aliphatic heterocycles. The Morgan fingerprint density at radius 3 is 1.66 bits per heavy atom. The van der Waals surface area contributed by atoms with Crippen LogP contribution in [0.1, 0.15) is 11.1 Å². The predicted octanol–water partition coefficient (Wildman–Crippen LogP) is 7.84. The summed E-state index contributed by atoms with van der Waals surface area (Å²) in [5, 5.41) is 10.1. The molecular formula is C31H23N. The molecule has 0 aromatic heterocycles. The number of allylic oxidation sites excluding steroid dienone is 1. The minimum Gasteiger partial charge on any atom is -0.398 e. The minimum atomic E-state index is 0.790. The second kappa shape index (κ2) is 7.55. The summed E-state index contributed by atoms with van der Waals surface area (Å²) in [4.78, 5) is 0. The van der Waals surface area contributed by atoms with Gasteiger partial charge in [-0.2, -0.15) is 0 Å². The maximum Gasteiger partial charge on any atom is 0.0356 e. The van der Waals surface area contributed by atoms with Crippen LogP contribution < -0.4 is 5.73 Å². The van der Waals surface area contributed by atoms with Gasteiger partial charge in [-0.15, -0.1) is 0 Å². The summed E-state index contributed by atoms with van der Waals surface area (Å²) >= 11 is 0. The molecule has 0 radical (unpaired) electrons. The summed E-state index contributed by atoms with van der Waals surface area (Å²) in [6.45, 7) is 0.